The third-order valence-corrected chi connectivity index (χ3v) is 3.28. The van der Waals surface area contributed by atoms with Crippen molar-refractivity contribution >= 4 is 9.84 Å². The molecule has 0 aliphatic heterocycles. The average Bonchev–Trinajstić information content (AvgIpc) is 2.01. The second-order valence-corrected chi connectivity index (χ2v) is 6.56. The lowest BCUT2D eigenvalue weighted by molar-refractivity contribution is 0.587. The van der Waals surface area contributed by atoms with E-state index in [4.69, 9.17) is 0 Å². The predicted octanol–water partition coefficient (Wildman–Crippen LogP) is 2.39. The Hall–Kier alpha value is -0.830. The van der Waals surface area contributed by atoms with Crippen LogP contribution in [0.3, 0.4) is 0 Å². The minimum Gasteiger partial charge on any atom is -0.224 e. The Kier molecular flexibility index (Phi) is 2.72. The van der Waals surface area contributed by atoms with Crippen LogP contribution < -0.4 is 0 Å². The summed E-state index contributed by atoms with van der Waals surface area (Å²) in [4.78, 5) is 0.380. The Bertz CT molecular complexity index is 408. The summed E-state index contributed by atoms with van der Waals surface area (Å²) in [5, 5.41) is 0. The van der Waals surface area contributed by atoms with Crippen molar-refractivity contribution in [1.29, 1.82) is 0 Å². The van der Waals surface area contributed by atoms with Gasteiger partial charge in [0.25, 0.3) is 0 Å². The van der Waals surface area contributed by atoms with E-state index >= 15 is 0 Å². The molecule has 14 heavy (non-hydrogen) atoms. The zero-order valence-electron chi connectivity index (χ0n) is 9.03. The number of hydrogen-bond donors (Lipinski definition) is 0. The number of sulfone groups is 1. The first-order valence-electron chi connectivity index (χ1n) is 4.52. The third kappa shape index (κ3) is 2.58. The number of hydrogen-bond acceptors (Lipinski definition) is 2. The molecule has 1 aromatic rings. The van der Waals surface area contributed by atoms with Crippen LogP contribution in [-0.2, 0) is 15.3 Å². The molecule has 0 saturated heterocycles. The van der Waals surface area contributed by atoms with E-state index in [1.54, 1.807) is 12.1 Å². The van der Waals surface area contributed by atoms with Gasteiger partial charge in [0, 0.05) is 6.26 Å². The van der Waals surface area contributed by atoms with Crippen LogP contribution >= 0.6 is 0 Å². The van der Waals surface area contributed by atoms with Crippen LogP contribution in [0.2, 0.25) is 0 Å². The Labute approximate surface area is 85.9 Å². The standard InChI is InChI=1S/C11H16O2S/c1-11(2,3)9-5-7-10(8-6-9)14(4,12)13/h5-8H,1-4H3. The number of benzene rings is 1. The second-order valence-electron chi connectivity index (χ2n) is 4.55. The quantitative estimate of drug-likeness (QED) is 0.716. The highest BCUT2D eigenvalue weighted by atomic mass is 32.2. The molecule has 1 aromatic carbocycles. The van der Waals surface area contributed by atoms with E-state index in [1.165, 1.54) is 6.26 Å². The molecule has 3 heteroatoms. The molecular weight excluding hydrogens is 196 g/mol. The molecule has 1 rings (SSSR count). The molecule has 0 bridgehead atoms. The van der Waals surface area contributed by atoms with Crippen molar-refractivity contribution < 1.29 is 8.42 Å². The summed E-state index contributed by atoms with van der Waals surface area (Å²) >= 11 is 0. The summed E-state index contributed by atoms with van der Waals surface area (Å²) in [6.07, 6.45) is 1.22. The fraction of sp³-hybridized carbons (Fsp3) is 0.455. The van der Waals surface area contributed by atoms with Gasteiger partial charge < -0.3 is 0 Å². The minimum absolute atomic E-state index is 0.0655. The molecule has 0 radical (unpaired) electrons. The van der Waals surface area contributed by atoms with Crippen molar-refractivity contribution in [2.45, 2.75) is 31.1 Å². The summed E-state index contributed by atoms with van der Waals surface area (Å²) in [6.45, 7) is 6.30. The molecule has 0 aliphatic rings. The maximum Gasteiger partial charge on any atom is 0.175 e. The summed E-state index contributed by atoms with van der Waals surface area (Å²) < 4.78 is 22.4. The average molecular weight is 212 g/mol. The van der Waals surface area contributed by atoms with Crippen LogP contribution in [-0.4, -0.2) is 14.7 Å². The normalized spacial score (nSPS) is 12.9. The van der Waals surface area contributed by atoms with Crippen molar-refractivity contribution in [1.82, 2.24) is 0 Å². The molecule has 0 heterocycles. The van der Waals surface area contributed by atoms with Gasteiger partial charge in [-0.25, -0.2) is 8.42 Å². The monoisotopic (exact) mass is 212 g/mol. The molecule has 0 amide bonds. The van der Waals surface area contributed by atoms with Gasteiger partial charge in [0.1, 0.15) is 0 Å². The Morgan fingerprint density at radius 2 is 1.43 bits per heavy atom. The molecule has 0 fully saturated rings. The van der Waals surface area contributed by atoms with Gasteiger partial charge in [-0.3, -0.25) is 0 Å². The van der Waals surface area contributed by atoms with Crippen molar-refractivity contribution in [3.63, 3.8) is 0 Å². The lowest BCUT2D eigenvalue weighted by Gasteiger charge is -2.18. The zero-order chi connectivity index (χ0) is 11.0. The van der Waals surface area contributed by atoms with Gasteiger partial charge in [-0.15, -0.1) is 0 Å². The van der Waals surface area contributed by atoms with Crippen molar-refractivity contribution in [2.75, 3.05) is 6.26 Å². The smallest absolute Gasteiger partial charge is 0.175 e. The fourth-order valence-electron chi connectivity index (χ4n) is 1.20. The van der Waals surface area contributed by atoms with E-state index in [0.717, 1.165) is 5.56 Å². The predicted molar refractivity (Wildman–Crippen MR) is 58.3 cm³/mol. The number of rotatable bonds is 1. The van der Waals surface area contributed by atoms with Crippen molar-refractivity contribution in [3.8, 4) is 0 Å². The first kappa shape index (κ1) is 11.2. The van der Waals surface area contributed by atoms with E-state index in [9.17, 15) is 8.42 Å². The third-order valence-electron chi connectivity index (χ3n) is 2.15. The van der Waals surface area contributed by atoms with Crippen LogP contribution in [0.1, 0.15) is 26.3 Å². The van der Waals surface area contributed by atoms with Crippen LogP contribution in [0.5, 0.6) is 0 Å². The summed E-state index contributed by atoms with van der Waals surface area (Å²) in [5.74, 6) is 0. The highest BCUT2D eigenvalue weighted by molar-refractivity contribution is 7.90. The minimum atomic E-state index is -3.07. The van der Waals surface area contributed by atoms with Crippen molar-refractivity contribution in [2.24, 2.45) is 0 Å². The van der Waals surface area contributed by atoms with Gasteiger partial charge in [-0.2, -0.15) is 0 Å². The zero-order valence-corrected chi connectivity index (χ0v) is 9.85. The van der Waals surface area contributed by atoms with Gasteiger partial charge in [0.2, 0.25) is 0 Å². The molecule has 2 nitrogen and oxygen atoms in total. The van der Waals surface area contributed by atoms with Gasteiger partial charge in [0.05, 0.1) is 4.90 Å². The largest absolute Gasteiger partial charge is 0.224 e. The summed E-state index contributed by atoms with van der Waals surface area (Å²) in [6, 6.07) is 7.07. The van der Waals surface area contributed by atoms with E-state index in [0.29, 0.717) is 4.90 Å². The molecule has 0 N–H and O–H groups in total. The van der Waals surface area contributed by atoms with Gasteiger partial charge in [-0.1, -0.05) is 32.9 Å². The Morgan fingerprint density at radius 1 is 1.00 bits per heavy atom. The van der Waals surface area contributed by atoms with Crippen LogP contribution in [0, 0.1) is 0 Å². The molecule has 0 atom stereocenters. The van der Waals surface area contributed by atoms with E-state index in [1.807, 2.05) is 12.1 Å². The molecular formula is C11H16O2S. The lowest BCUT2D eigenvalue weighted by Crippen LogP contribution is -2.11. The Morgan fingerprint density at radius 3 is 1.71 bits per heavy atom. The van der Waals surface area contributed by atoms with Crippen LogP contribution in [0.15, 0.2) is 29.2 Å². The maximum atomic E-state index is 11.2. The van der Waals surface area contributed by atoms with Gasteiger partial charge in [-0.05, 0) is 23.1 Å². The second kappa shape index (κ2) is 3.39. The molecule has 0 aromatic heterocycles. The van der Waals surface area contributed by atoms with Crippen LogP contribution in [0.4, 0.5) is 0 Å². The first-order valence-corrected chi connectivity index (χ1v) is 6.41. The molecule has 0 spiro atoms. The van der Waals surface area contributed by atoms with E-state index in [-0.39, 0.29) is 5.41 Å². The summed E-state index contributed by atoms with van der Waals surface area (Å²) in [7, 11) is -3.07. The Balaban J connectivity index is 3.14. The van der Waals surface area contributed by atoms with E-state index in [2.05, 4.69) is 20.8 Å². The van der Waals surface area contributed by atoms with Crippen LogP contribution in [0.25, 0.3) is 0 Å². The van der Waals surface area contributed by atoms with Crippen molar-refractivity contribution in [3.05, 3.63) is 29.8 Å². The SMILES string of the molecule is CC(C)(C)c1ccc(S(C)(=O)=O)cc1. The highest BCUT2D eigenvalue weighted by Gasteiger charge is 2.14. The van der Waals surface area contributed by atoms with Gasteiger partial charge >= 0.3 is 0 Å². The van der Waals surface area contributed by atoms with Gasteiger partial charge in [0.15, 0.2) is 9.84 Å². The molecule has 0 saturated carbocycles. The maximum absolute atomic E-state index is 11.2. The topological polar surface area (TPSA) is 34.1 Å². The highest BCUT2D eigenvalue weighted by Crippen LogP contribution is 2.23. The molecule has 0 unspecified atom stereocenters. The molecule has 78 valence electrons. The first-order chi connectivity index (χ1) is 6.21. The molecule has 0 aliphatic carbocycles. The lowest BCUT2D eigenvalue weighted by atomic mass is 9.87. The fourth-order valence-corrected chi connectivity index (χ4v) is 1.83. The summed E-state index contributed by atoms with van der Waals surface area (Å²) in [5.41, 5.74) is 1.21. The van der Waals surface area contributed by atoms with E-state index < -0.39 is 9.84 Å².